The van der Waals surface area contributed by atoms with Crippen molar-refractivity contribution >= 4 is 29.9 Å². The molecule has 2 saturated heterocycles. The van der Waals surface area contributed by atoms with Crippen LogP contribution < -0.4 is 14.8 Å². The highest BCUT2D eigenvalue weighted by Gasteiger charge is 2.27. The van der Waals surface area contributed by atoms with Crippen molar-refractivity contribution in [3.8, 4) is 11.5 Å². The van der Waals surface area contributed by atoms with Crippen molar-refractivity contribution in [3.05, 3.63) is 24.3 Å². The lowest BCUT2D eigenvalue weighted by atomic mass is 10.1. The molecule has 0 saturated carbocycles. The summed E-state index contributed by atoms with van der Waals surface area (Å²) in [6.07, 6.45) is 4.00. The van der Waals surface area contributed by atoms with Gasteiger partial charge in [-0.2, -0.15) is 0 Å². The number of rotatable bonds is 8. The highest BCUT2D eigenvalue weighted by molar-refractivity contribution is 14.0. The molecule has 29 heavy (non-hydrogen) atoms. The van der Waals surface area contributed by atoms with Gasteiger partial charge < -0.3 is 24.6 Å². The zero-order valence-corrected chi connectivity index (χ0v) is 20.4. The fourth-order valence-electron chi connectivity index (χ4n) is 4.09. The minimum atomic E-state index is 0. The number of nitrogens with zero attached hydrogens (tertiary/aromatic N) is 3. The molecule has 2 aliphatic rings. The lowest BCUT2D eigenvalue weighted by molar-refractivity contribution is 0.228. The minimum absolute atomic E-state index is 0. The van der Waals surface area contributed by atoms with Gasteiger partial charge in [0.1, 0.15) is 17.6 Å². The molecular formula is C22H37IN4O2. The normalized spacial score (nSPS) is 21.0. The number of likely N-dealkylation sites (tertiary alicyclic amines) is 2. The molecule has 1 aromatic carbocycles. The molecule has 2 fully saturated rings. The number of halogens is 1. The summed E-state index contributed by atoms with van der Waals surface area (Å²) in [6.45, 7) is 11.7. The maximum atomic E-state index is 6.02. The Labute approximate surface area is 193 Å². The first kappa shape index (κ1) is 24.1. The molecule has 0 aromatic heterocycles. The largest absolute Gasteiger partial charge is 0.497 e. The minimum Gasteiger partial charge on any atom is -0.497 e. The molecule has 0 spiro atoms. The van der Waals surface area contributed by atoms with Crippen LogP contribution in [0.15, 0.2) is 29.3 Å². The topological polar surface area (TPSA) is 49.3 Å². The van der Waals surface area contributed by atoms with E-state index in [9.17, 15) is 0 Å². The summed E-state index contributed by atoms with van der Waals surface area (Å²) >= 11 is 0. The van der Waals surface area contributed by atoms with Crippen molar-refractivity contribution in [2.75, 3.05) is 52.9 Å². The molecule has 0 radical (unpaired) electrons. The van der Waals surface area contributed by atoms with E-state index < -0.39 is 0 Å². The van der Waals surface area contributed by atoms with Gasteiger partial charge >= 0.3 is 0 Å². The molecule has 3 rings (SSSR count). The van der Waals surface area contributed by atoms with Gasteiger partial charge in [-0.1, -0.05) is 6.07 Å². The first-order valence-corrected chi connectivity index (χ1v) is 10.7. The highest BCUT2D eigenvalue weighted by atomic mass is 127. The number of methoxy groups -OCH3 is 1. The number of hydrogen-bond donors (Lipinski definition) is 1. The van der Waals surface area contributed by atoms with E-state index in [1.54, 1.807) is 7.11 Å². The molecule has 7 heteroatoms. The van der Waals surface area contributed by atoms with Crippen molar-refractivity contribution in [1.82, 2.24) is 15.1 Å². The van der Waals surface area contributed by atoms with E-state index >= 15 is 0 Å². The monoisotopic (exact) mass is 516 g/mol. The van der Waals surface area contributed by atoms with Crippen LogP contribution in [0.4, 0.5) is 0 Å². The molecule has 2 atom stereocenters. The third kappa shape index (κ3) is 7.51. The zero-order valence-electron chi connectivity index (χ0n) is 18.1. The van der Waals surface area contributed by atoms with Crippen LogP contribution in [0.1, 0.15) is 33.1 Å². The van der Waals surface area contributed by atoms with E-state index in [4.69, 9.17) is 14.5 Å². The Kier molecular flexibility index (Phi) is 10.3. The Morgan fingerprint density at radius 3 is 2.72 bits per heavy atom. The van der Waals surface area contributed by atoms with Crippen LogP contribution in [0, 0.1) is 5.92 Å². The smallest absolute Gasteiger partial charge is 0.194 e. The molecule has 1 N–H and O–H groups in total. The van der Waals surface area contributed by atoms with Crippen molar-refractivity contribution < 1.29 is 9.47 Å². The molecule has 2 aliphatic heterocycles. The summed E-state index contributed by atoms with van der Waals surface area (Å²) in [5.41, 5.74) is 0. The van der Waals surface area contributed by atoms with Gasteiger partial charge in [-0.15, -0.1) is 24.0 Å². The van der Waals surface area contributed by atoms with Gasteiger partial charge in [0.15, 0.2) is 5.96 Å². The Morgan fingerprint density at radius 1 is 1.24 bits per heavy atom. The number of hydrogen-bond acceptors (Lipinski definition) is 4. The van der Waals surface area contributed by atoms with Crippen LogP contribution in [0.5, 0.6) is 11.5 Å². The molecular weight excluding hydrogens is 479 g/mol. The van der Waals surface area contributed by atoms with E-state index in [0.29, 0.717) is 6.54 Å². The number of nitrogens with one attached hydrogen (secondary N) is 1. The van der Waals surface area contributed by atoms with E-state index in [1.165, 1.54) is 38.9 Å². The lowest BCUT2D eigenvalue weighted by Crippen LogP contribution is -2.41. The maximum Gasteiger partial charge on any atom is 0.194 e. The predicted octanol–water partition coefficient (Wildman–Crippen LogP) is 3.46. The van der Waals surface area contributed by atoms with Gasteiger partial charge in [0, 0.05) is 32.2 Å². The predicted molar refractivity (Wildman–Crippen MR) is 130 cm³/mol. The van der Waals surface area contributed by atoms with Crippen molar-refractivity contribution in [3.63, 3.8) is 0 Å². The Hall–Kier alpha value is -1.22. The van der Waals surface area contributed by atoms with Crippen LogP contribution in [0.2, 0.25) is 0 Å². The van der Waals surface area contributed by atoms with Gasteiger partial charge in [0.05, 0.1) is 13.7 Å². The zero-order chi connectivity index (χ0) is 19.8. The summed E-state index contributed by atoms with van der Waals surface area (Å²) in [5.74, 6) is 3.40. The fourth-order valence-corrected chi connectivity index (χ4v) is 4.09. The van der Waals surface area contributed by atoms with Gasteiger partial charge in [0.2, 0.25) is 0 Å². The van der Waals surface area contributed by atoms with E-state index in [2.05, 4.69) is 29.0 Å². The second kappa shape index (κ2) is 12.5. The van der Waals surface area contributed by atoms with Crippen LogP contribution in [-0.2, 0) is 0 Å². The number of ether oxygens (including phenoxy) is 2. The first-order valence-electron chi connectivity index (χ1n) is 10.7. The molecule has 0 aliphatic carbocycles. The van der Waals surface area contributed by atoms with E-state index in [0.717, 1.165) is 43.0 Å². The van der Waals surface area contributed by atoms with Crippen LogP contribution in [0.25, 0.3) is 0 Å². The average molecular weight is 516 g/mol. The average Bonchev–Trinajstić information content (AvgIpc) is 3.38. The highest BCUT2D eigenvalue weighted by Crippen LogP contribution is 2.21. The fraction of sp³-hybridized carbons (Fsp3) is 0.682. The SMILES string of the molecule is CCNC(=NCC(C)Oc1cccc(OC)c1)N1CCC(CN2CCCC2)C1.I. The van der Waals surface area contributed by atoms with Crippen LogP contribution in [-0.4, -0.2) is 74.8 Å². The summed E-state index contributed by atoms with van der Waals surface area (Å²) in [7, 11) is 1.67. The molecule has 164 valence electrons. The summed E-state index contributed by atoms with van der Waals surface area (Å²) in [6, 6.07) is 7.73. The summed E-state index contributed by atoms with van der Waals surface area (Å²) < 4.78 is 11.3. The van der Waals surface area contributed by atoms with Crippen LogP contribution >= 0.6 is 24.0 Å². The van der Waals surface area contributed by atoms with Crippen LogP contribution in [0.3, 0.4) is 0 Å². The maximum absolute atomic E-state index is 6.02. The van der Waals surface area contributed by atoms with E-state index in [1.807, 2.05) is 24.3 Å². The summed E-state index contributed by atoms with van der Waals surface area (Å²) in [4.78, 5) is 9.91. The van der Waals surface area contributed by atoms with Crippen molar-refractivity contribution in [2.45, 2.75) is 39.2 Å². The molecule has 0 amide bonds. The second-order valence-electron chi connectivity index (χ2n) is 7.91. The molecule has 0 bridgehead atoms. The first-order chi connectivity index (χ1) is 13.7. The van der Waals surface area contributed by atoms with Gasteiger partial charge in [0.25, 0.3) is 0 Å². The van der Waals surface area contributed by atoms with E-state index in [-0.39, 0.29) is 30.1 Å². The van der Waals surface area contributed by atoms with Gasteiger partial charge in [-0.25, -0.2) is 4.99 Å². The molecule has 6 nitrogen and oxygen atoms in total. The van der Waals surface area contributed by atoms with Crippen molar-refractivity contribution in [2.24, 2.45) is 10.9 Å². The van der Waals surface area contributed by atoms with Gasteiger partial charge in [-0.05, 0) is 64.3 Å². The number of benzene rings is 1. The van der Waals surface area contributed by atoms with Gasteiger partial charge in [-0.3, -0.25) is 0 Å². The quantitative estimate of drug-likeness (QED) is 0.326. The Morgan fingerprint density at radius 2 is 2.00 bits per heavy atom. The second-order valence-corrected chi connectivity index (χ2v) is 7.91. The number of guanidine groups is 1. The Balaban J connectivity index is 0.00000300. The standard InChI is InChI=1S/C22H36N4O2.HI/c1-4-23-22(26-13-10-19(17-26)16-25-11-5-6-12-25)24-15-18(2)28-21-9-7-8-20(14-21)27-3;/h7-9,14,18-19H,4-6,10-13,15-17H2,1-3H3,(H,23,24);1H. The van der Waals surface area contributed by atoms with Crippen molar-refractivity contribution in [1.29, 1.82) is 0 Å². The Bertz CT molecular complexity index is 637. The molecule has 1 aromatic rings. The third-order valence-electron chi connectivity index (χ3n) is 5.51. The summed E-state index contributed by atoms with van der Waals surface area (Å²) in [5, 5.41) is 3.46. The molecule has 2 unspecified atom stereocenters. The lowest BCUT2D eigenvalue weighted by Gasteiger charge is -2.24. The number of aliphatic imine (C=N–C) groups is 1. The third-order valence-corrected chi connectivity index (χ3v) is 5.51. The molecule has 2 heterocycles.